The molecule has 0 heterocycles. The highest BCUT2D eigenvalue weighted by molar-refractivity contribution is 7.82. The van der Waals surface area contributed by atoms with Crippen molar-refractivity contribution in [1.82, 2.24) is 0 Å². The number of rotatable bonds is 1. The Morgan fingerprint density at radius 1 is 1.60 bits per heavy atom. The summed E-state index contributed by atoms with van der Waals surface area (Å²) in [5.74, 6) is 0. The Balaban J connectivity index is 3.10. The van der Waals surface area contributed by atoms with E-state index in [2.05, 4.69) is 6.58 Å². The Hall–Kier alpha value is -0.470. The molecule has 0 nitrogen and oxygen atoms in total. The summed E-state index contributed by atoms with van der Waals surface area (Å²) in [6.07, 6.45) is 3.66. The SMILES string of the molecule is C=CC1=C([S-])/C(=C/C)C1=S. The van der Waals surface area contributed by atoms with Crippen molar-refractivity contribution >= 4 is 29.7 Å². The van der Waals surface area contributed by atoms with Crippen LogP contribution >= 0.6 is 12.2 Å². The largest absolute Gasteiger partial charge is 0.778 e. The van der Waals surface area contributed by atoms with Crippen molar-refractivity contribution in [3.8, 4) is 0 Å². The highest BCUT2D eigenvalue weighted by Crippen LogP contribution is 2.30. The third-order valence-electron chi connectivity index (χ3n) is 1.47. The first-order valence-corrected chi connectivity index (χ1v) is 3.79. The molecule has 52 valence electrons. The first-order valence-electron chi connectivity index (χ1n) is 2.97. The Bertz CT molecular complexity index is 256. The maximum absolute atomic E-state index is 5.04. The Morgan fingerprint density at radius 3 is 2.50 bits per heavy atom. The van der Waals surface area contributed by atoms with Crippen molar-refractivity contribution in [2.24, 2.45) is 0 Å². The maximum Gasteiger partial charge on any atom is 0.0488 e. The van der Waals surface area contributed by atoms with Gasteiger partial charge in [-0.2, -0.15) is 4.91 Å². The van der Waals surface area contributed by atoms with Gasteiger partial charge < -0.3 is 12.6 Å². The lowest BCUT2D eigenvalue weighted by molar-refractivity contribution is 1.54. The van der Waals surface area contributed by atoms with E-state index in [0.29, 0.717) is 0 Å². The monoisotopic (exact) mass is 167 g/mol. The van der Waals surface area contributed by atoms with E-state index < -0.39 is 0 Å². The Labute approximate surface area is 71.7 Å². The molecule has 0 aromatic carbocycles. The van der Waals surface area contributed by atoms with E-state index in [-0.39, 0.29) is 0 Å². The van der Waals surface area contributed by atoms with Crippen LogP contribution in [-0.4, -0.2) is 4.86 Å². The van der Waals surface area contributed by atoms with E-state index >= 15 is 0 Å². The molecule has 1 aliphatic carbocycles. The van der Waals surface area contributed by atoms with Crippen LogP contribution in [-0.2, 0) is 12.6 Å². The molecule has 0 saturated carbocycles. The minimum Gasteiger partial charge on any atom is -0.778 e. The second-order valence-electron chi connectivity index (χ2n) is 1.98. The molecule has 0 bridgehead atoms. The van der Waals surface area contributed by atoms with Crippen LogP contribution in [0.4, 0.5) is 0 Å². The average molecular weight is 167 g/mol. The summed E-state index contributed by atoms with van der Waals surface area (Å²) in [6, 6.07) is 0. The fraction of sp³-hybridized carbons (Fsp3) is 0.125. The lowest BCUT2D eigenvalue weighted by Crippen LogP contribution is -2.17. The molecule has 2 heteroatoms. The second kappa shape index (κ2) is 2.64. The van der Waals surface area contributed by atoms with Gasteiger partial charge in [0.2, 0.25) is 0 Å². The van der Waals surface area contributed by atoms with E-state index in [1.54, 1.807) is 6.08 Å². The van der Waals surface area contributed by atoms with E-state index in [1.165, 1.54) is 0 Å². The number of hydrogen-bond acceptors (Lipinski definition) is 2. The summed E-state index contributed by atoms with van der Waals surface area (Å²) in [4.78, 5) is 1.73. The molecule has 0 fully saturated rings. The zero-order valence-electron chi connectivity index (χ0n) is 5.68. The van der Waals surface area contributed by atoms with Gasteiger partial charge in [0.25, 0.3) is 0 Å². The van der Waals surface area contributed by atoms with Gasteiger partial charge in [-0.15, -0.1) is 0 Å². The van der Waals surface area contributed by atoms with Gasteiger partial charge in [-0.1, -0.05) is 30.9 Å². The maximum atomic E-state index is 5.04. The van der Waals surface area contributed by atoms with Gasteiger partial charge >= 0.3 is 0 Å². The fourth-order valence-corrected chi connectivity index (χ4v) is 1.82. The molecular weight excluding hydrogens is 160 g/mol. The smallest absolute Gasteiger partial charge is 0.0488 e. The van der Waals surface area contributed by atoms with Crippen molar-refractivity contribution in [2.75, 3.05) is 0 Å². The molecule has 0 N–H and O–H groups in total. The van der Waals surface area contributed by atoms with Crippen LogP contribution < -0.4 is 0 Å². The molecule has 0 amide bonds. The first-order chi connectivity index (χ1) is 4.72. The van der Waals surface area contributed by atoms with Gasteiger partial charge in [0.15, 0.2) is 0 Å². The molecule has 10 heavy (non-hydrogen) atoms. The molecule has 0 saturated heterocycles. The van der Waals surface area contributed by atoms with Crippen LogP contribution in [0, 0.1) is 0 Å². The molecule has 0 spiro atoms. The number of allylic oxidation sites excluding steroid dienone is 4. The molecule has 0 unspecified atom stereocenters. The fourth-order valence-electron chi connectivity index (χ4n) is 0.881. The zero-order valence-corrected chi connectivity index (χ0v) is 7.31. The first kappa shape index (κ1) is 7.63. The lowest BCUT2D eigenvalue weighted by Gasteiger charge is -2.31. The summed E-state index contributed by atoms with van der Waals surface area (Å²) in [5, 5.41) is 0. The lowest BCUT2D eigenvalue weighted by atomic mass is 9.92. The minimum absolute atomic E-state index is 0.863. The molecule has 1 rings (SSSR count). The Morgan fingerprint density at radius 2 is 2.20 bits per heavy atom. The van der Waals surface area contributed by atoms with Gasteiger partial charge in [0.1, 0.15) is 0 Å². The van der Waals surface area contributed by atoms with Crippen molar-refractivity contribution in [1.29, 1.82) is 0 Å². The molecule has 0 aromatic rings. The summed E-state index contributed by atoms with van der Waals surface area (Å²) < 4.78 is 0. The van der Waals surface area contributed by atoms with E-state index in [4.69, 9.17) is 24.8 Å². The zero-order chi connectivity index (χ0) is 7.72. The van der Waals surface area contributed by atoms with Crippen molar-refractivity contribution in [2.45, 2.75) is 6.92 Å². The minimum atomic E-state index is 0.863. The highest BCUT2D eigenvalue weighted by Gasteiger charge is 2.16. The third-order valence-corrected chi connectivity index (χ3v) is 2.35. The number of hydrogen-bond donors (Lipinski definition) is 0. The van der Waals surface area contributed by atoms with Crippen LogP contribution in [0.15, 0.2) is 34.8 Å². The normalized spacial score (nSPS) is 21.3. The van der Waals surface area contributed by atoms with Crippen LogP contribution in [0.5, 0.6) is 0 Å². The van der Waals surface area contributed by atoms with Crippen molar-refractivity contribution in [3.05, 3.63) is 34.8 Å². The topological polar surface area (TPSA) is 0 Å². The predicted octanol–water partition coefficient (Wildman–Crippen LogP) is 2.30. The van der Waals surface area contributed by atoms with Gasteiger partial charge in [-0.05, 0) is 18.1 Å². The standard InChI is InChI=1S/C8H8S2/c1-3-5-7(9)6(4-2)8(5)10/h3-4,9H,1H2,2H3/p-1/b6-4-. The molecular formula is C8H7S2-. The molecule has 0 aromatic heterocycles. The van der Waals surface area contributed by atoms with Crippen LogP contribution in [0.25, 0.3) is 0 Å². The third kappa shape index (κ3) is 0.842. The van der Waals surface area contributed by atoms with Gasteiger partial charge in [0.05, 0.1) is 0 Å². The van der Waals surface area contributed by atoms with E-state index in [0.717, 1.165) is 20.9 Å². The van der Waals surface area contributed by atoms with Crippen LogP contribution in [0.1, 0.15) is 6.92 Å². The quantitative estimate of drug-likeness (QED) is 0.334. The second-order valence-corrected chi connectivity index (χ2v) is 2.79. The Kier molecular flexibility index (Phi) is 2.02. The predicted molar refractivity (Wildman–Crippen MR) is 50.9 cm³/mol. The van der Waals surface area contributed by atoms with Gasteiger partial charge in [-0.3, -0.25) is 0 Å². The molecule has 0 aliphatic heterocycles. The summed E-state index contributed by atoms with van der Waals surface area (Å²) in [5.41, 5.74) is 1.98. The van der Waals surface area contributed by atoms with Gasteiger partial charge in [0, 0.05) is 4.86 Å². The van der Waals surface area contributed by atoms with Crippen molar-refractivity contribution < 1.29 is 0 Å². The highest BCUT2D eigenvalue weighted by atomic mass is 32.1. The van der Waals surface area contributed by atoms with E-state index in [9.17, 15) is 0 Å². The molecule has 0 radical (unpaired) electrons. The molecule has 1 aliphatic rings. The average Bonchev–Trinajstić information content (AvgIpc) is 1.90. The summed E-state index contributed by atoms with van der Waals surface area (Å²) >= 11 is 10.1. The van der Waals surface area contributed by atoms with Crippen LogP contribution in [0.3, 0.4) is 0 Å². The van der Waals surface area contributed by atoms with Gasteiger partial charge in [-0.25, -0.2) is 0 Å². The van der Waals surface area contributed by atoms with E-state index in [1.807, 2.05) is 13.0 Å². The summed E-state index contributed by atoms with van der Waals surface area (Å²) in [7, 11) is 0. The summed E-state index contributed by atoms with van der Waals surface area (Å²) in [6.45, 7) is 5.55. The number of thiocarbonyl (C=S) groups is 1. The van der Waals surface area contributed by atoms with Crippen molar-refractivity contribution in [3.63, 3.8) is 0 Å². The van der Waals surface area contributed by atoms with Crippen LogP contribution in [0.2, 0.25) is 0 Å². The molecule has 0 atom stereocenters.